The van der Waals surface area contributed by atoms with E-state index in [9.17, 15) is 9.18 Å². The van der Waals surface area contributed by atoms with E-state index in [0.29, 0.717) is 18.7 Å². The summed E-state index contributed by atoms with van der Waals surface area (Å²) in [5, 5.41) is 0.972. The maximum atomic E-state index is 13.1. The molecule has 0 unspecified atom stereocenters. The third-order valence-corrected chi connectivity index (χ3v) is 4.24. The van der Waals surface area contributed by atoms with E-state index in [2.05, 4.69) is 17.9 Å². The molecule has 0 bridgehead atoms. The van der Waals surface area contributed by atoms with Crippen LogP contribution in [-0.2, 0) is 13.1 Å². The third kappa shape index (κ3) is 4.34. The molecule has 0 spiro atoms. The Hall–Kier alpha value is -2.46. The average Bonchev–Trinajstić information content (AvgIpc) is 2.58. The van der Waals surface area contributed by atoms with Crippen LogP contribution in [0.2, 0.25) is 0 Å². The fourth-order valence-corrected chi connectivity index (χ4v) is 3.09. The molecule has 0 aliphatic rings. The first-order valence-corrected chi connectivity index (χ1v) is 8.55. The molecule has 2 aromatic carbocycles. The van der Waals surface area contributed by atoms with Gasteiger partial charge in [-0.25, -0.2) is 9.18 Å². The van der Waals surface area contributed by atoms with Crippen molar-refractivity contribution in [1.82, 2.24) is 4.90 Å². The number of hydrogen-bond donors (Lipinski definition) is 0. The first-order chi connectivity index (χ1) is 12.0. The molecule has 25 heavy (non-hydrogen) atoms. The van der Waals surface area contributed by atoms with E-state index in [4.69, 9.17) is 4.42 Å². The van der Waals surface area contributed by atoms with Crippen molar-refractivity contribution in [1.29, 1.82) is 0 Å². The molecule has 0 radical (unpaired) electrons. The highest BCUT2D eigenvalue weighted by Crippen LogP contribution is 2.21. The van der Waals surface area contributed by atoms with E-state index in [0.717, 1.165) is 35.0 Å². The van der Waals surface area contributed by atoms with Crippen LogP contribution in [0.4, 0.5) is 4.39 Å². The zero-order valence-electron chi connectivity index (χ0n) is 14.6. The summed E-state index contributed by atoms with van der Waals surface area (Å²) in [7, 11) is 0. The second-order valence-electron chi connectivity index (χ2n) is 6.43. The zero-order chi connectivity index (χ0) is 17.8. The van der Waals surface area contributed by atoms with Crippen LogP contribution in [0.25, 0.3) is 11.0 Å². The number of fused-ring (bicyclic) bond motifs is 1. The van der Waals surface area contributed by atoms with Crippen LogP contribution in [0.15, 0.2) is 57.7 Å². The van der Waals surface area contributed by atoms with E-state index in [1.54, 1.807) is 18.2 Å². The summed E-state index contributed by atoms with van der Waals surface area (Å²) in [4.78, 5) is 14.2. The number of halogens is 1. The number of nitrogens with zero attached hydrogens (tertiary/aromatic N) is 1. The summed E-state index contributed by atoms with van der Waals surface area (Å²) in [5.41, 5.74) is 3.43. The van der Waals surface area contributed by atoms with Gasteiger partial charge in [0.15, 0.2) is 0 Å². The summed E-state index contributed by atoms with van der Waals surface area (Å²) in [5.74, 6) is -0.229. The zero-order valence-corrected chi connectivity index (χ0v) is 14.6. The number of rotatable bonds is 6. The molecular weight excluding hydrogens is 317 g/mol. The quantitative estimate of drug-likeness (QED) is 0.613. The minimum absolute atomic E-state index is 0.229. The van der Waals surface area contributed by atoms with Crippen LogP contribution in [0.3, 0.4) is 0 Å². The van der Waals surface area contributed by atoms with E-state index < -0.39 is 0 Å². The molecule has 0 aliphatic carbocycles. The lowest BCUT2D eigenvalue weighted by Gasteiger charge is -2.22. The average molecular weight is 339 g/mol. The van der Waals surface area contributed by atoms with Crippen LogP contribution in [0.5, 0.6) is 0 Å². The van der Waals surface area contributed by atoms with Gasteiger partial charge in [0.25, 0.3) is 0 Å². The van der Waals surface area contributed by atoms with Crippen LogP contribution in [0, 0.1) is 12.7 Å². The Bertz CT molecular complexity index is 915. The topological polar surface area (TPSA) is 33.5 Å². The fraction of sp³-hybridized carbons (Fsp3) is 0.286. The predicted octanol–water partition coefficient (Wildman–Crippen LogP) is 4.65. The lowest BCUT2D eigenvalue weighted by molar-refractivity contribution is 0.257. The van der Waals surface area contributed by atoms with Crippen LogP contribution < -0.4 is 5.63 Å². The van der Waals surface area contributed by atoms with Crippen molar-refractivity contribution < 1.29 is 8.81 Å². The molecule has 3 rings (SSSR count). The molecule has 0 saturated carbocycles. The van der Waals surface area contributed by atoms with E-state index in [1.807, 2.05) is 19.1 Å². The molecule has 0 saturated heterocycles. The highest BCUT2D eigenvalue weighted by atomic mass is 19.1. The number of hydrogen-bond acceptors (Lipinski definition) is 3. The Balaban J connectivity index is 1.91. The Kier molecular flexibility index (Phi) is 5.29. The van der Waals surface area contributed by atoms with Gasteiger partial charge < -0.3 is 4.42 Å². The van der Waals surface area contributed by atoms with Gasteiger partial charge in [0, 0.05) is 24.5 Å². The van der Waals surface area contributed by atoms with Gasteiger partial charge in [-0.1, -0.05) is 30.7 Å². The lowest BCUT2D eigenvalue weighted by atomic mass is 10.1. The van der Waals surface area contributed by atoms with Gasteiger partial charge in [-0.3, -0.25) is 4.90 Å². The molecular formula is C21H22FNO2. The molecule has 1 aromatic heterocycles. The van der Waals surface area contributed by atoms with Crippen molar-refractivity contribution >= 4 is 11.0 Å². The maximum Gasteiger partial charge on any atom is 0.336 e. The molecule has 0 amide bonds. The standard InChI is InChI=1S/C21H22FNO2/c1-3-10-23(13-16-5-7-18(22)8-6-16)14-17-12-21(24)25-20-9-4-15(2)11-19(17)20/h4-9,11-12H,3,10,13-14H2,1-2H3. The largest absolute Gasteiger partial charge is 0.423 e. The molecule has 4 heteroatoms. The summed E-state index contributed by atoms with van der Waals surface area (Å²) < 4.78 is 18.4. The van der Waals surface area contributed by atoms with Gasteiger partial charge >= 0.3 is 5.63 Å². The first-order valence-electron chi connectivity index (χ1n) is 8.55. The molecule has 3 aromatic rings. The molecule has 0 atom stereocenters. The molecule has 0 N–H and O–H groups in total. The van der Waals surface area contributed by atoms with Crippen molar-refractivity contribution in [2.24, 2.45) is 0 Å². The summed E-state index contributed by atoms with van der Waals surface area (Å²) in [6.45, 7) is 6.40. The van der Waals surface area contributed by atoms with Crippen molar-refractivity contribution in [2.45, 2.75) is 33.4 Å². The highest BCUT2D eigenvalue weighted by Gasteiger charge is 2.11. The highest BCUT2D eigenvalue weighted by molar-refractivity contribution is 5.80. The van der Waals surface area contributed by atoms with Gasteiger partial charge in [0.05, 0.1) is 0 Å². The van der Waals surface area contributed by atoms with Crippen molar-refractivity contribution in [2.75, 3.05) is 6.54 Å². The summed E-state index contributed by atoms with van der Waals surface area (Å²) in [6.07, 6.45) is 1.000. The molecule has 130 valence electrons. The van der Waals surface area contributed by atoms with E-state index in [-0.39, 0.29) is 11.4 Å². The van der Waals surface area contributed by atoms with Crippen molar-refractivity contribution in [3.8, 4) is 0 Å². The second kappa shape index (κ2) is 7.62. The lowest BCUT2D eigenvalue weighted by Crippen LogP contribution is -2.24. The fourth-order valence-electron chi connectivity index (χ4n) is 3.09. The van der Waals surface area contributed by atoms with Crippen LogP contribution in [-0.4, -0.2) is 11.4 Å². The molecule has 0 fully saturated rings. The normalized spacial score (nSPS) is 11.4. The summed E-state index contributed by atoms with van der Waals surface area (Å²) in [6, 6.07) is 14.0. The SMILES string of the molecule is CCCN(Cc1ccc(F)cc1)Cc1cc(=O)oc2ccc(C)cc12. The minimum atomic E-state index is -0.329. The van der Waals surface area contributed by atoms with Gasteiger partial charge in [0.2, 0.25) is 0 Å². The third-order valence-electron chi connectivity index (χ3n) is 4.24. The number of aryl methyl sites for hydroxylation is 1. The van der Waals surface area contributed by atoms with Gasteiger partial charge in [-0.2, -0.15) is 0 Å². The Labute approximate surface area is 146 Å². The van der Waals surface area contributed by atoms with Gasteiger partial charge in [-0.05, 0) is 55.3 Å². The Morgan fingerprint density at radius 2 is 1.80 bits per heavy atom. The predicted molar refractivity (Wildman–Crippen MR) is 98.0 cm³/mol. The van der Waals surface area contributed by atoms with E-state index >= 15 is 0 Å². The van der Waals surface area contributed by atoms with Crippen molar-refractivity contribution in [3.05, 3.63) is 81.5 Å². The van der Waals surface area contributed by atoms with Crippen LogP contribution in [0.1, 0.15) is 30.0 Å². The molecule has 3 nitrogen and oxygen atoms in total. The first kappa shape index (κ1) is 17.4. The van der Waals surface area contributed by atoms with E-state index in [1.165, 1.54) is 12.1 Å². The molecule has 0 aliphatic heterocycles. The minimum Gasteiger partial charge on any atom is -0.423 e. The maximum absolute atomic E-state index is 13.1. The van der Waals surface area contributed by atoms with Gasteiger partial charge in [0.1, 0.15) is 11.4 Å². The number of benzene rings is 2. The molecule has 1 heterocycles. The summed E-state index contributed by atoms with van der Waals surface area (Å²) >= 11 is 0. The van der Waals surface area contributed by atoms with Gasteiger partial charge in [-0.15, -0.1) is 0 Å². The second-order valence-corrected chi connectivity index (χ2v) is 6.43. The Morgan fingerprint density at radius 1 is 1.04 bits per heavy atom. The monoisotopic (exact) mass is 339 g/mol. The Morgan fingerprint density at radius 3 is 2.52 bits per heavy atom. The van der Waals surface area contributed by atoms with Crippen molar-refractivity contribution in [3.63, 3.8) is 0 Å². The van der Waals surface area contributed by atoms with Crippen LogP contribution >= 0.6 is 0 Å². The smallest absolute Gasteiger partial charge is 0.336 e.